The van der Waals surface area contributed by atoms with E-state index in [0.29, 0.717) is 12.3 Å². The molecule has 0 radical (unpaired) electrons. The van der Waals surface area contributed by atoms with Crippen molar-refractivity contribution in [3.63, 3.8) is 0 Å². The summed E-state index contributed by atoms with van der Waals surface area (Å²) in [4.78, 5) is 9.59. The van der Waals surface area contributed by atoms with Crippen LogP contribution in [-0.4, -0.2) is 73.5 Å². The van der Waals surface area contributed by atoms with Crippen LogP contribution in [0.25, 0.3) is 0 Å². The zero-order valence-electron chi connectivity index (χ0n) is 8.36. The second-order valence-electron chi connectivity index (χ2n) is 4.14. The van der Waals surface area contributed by atoms with E-state index < -0.39 is 0 Å². The Morgan fingerprint density at radius 1 is 0.667 bits per heavy atom. The van der Waals surface area contributed by atoms with Gasteiger partial charge < -0.3 is 0 Å². The van der Waals surface area contributed by atoms with Gasteiger partial charge in [0, 0.05) is 0 Å². The highest BCUT2D eigenvalue weighted by atomic mass is 15.6. The van der Waals surface area contributed by atoms with Crippen LogP contribution in [0.2, 0.25) is 0 Å². The van der Waals surface area contributed by atoms with Gasteiger partial charge in [-0.25, -0.2) is 0 Å². The van der Waals surface area contributed by atoms with E-state index in [2.05, 4.69) is 47.8 Å². The standard InChI is InChI=1S/C8H18N4/c1-9-5-10(2)8-7(9)11(3)6-12(8)4/h7-8H,5-6H2,1-4H3. The molecule has 0 aromatic rings. The topological polar surface area (TPSA) is 13.0 Å². The predicted octanol–water partition coefficient (Wildman–Crippen LogP) is -0.692. The van der Waals surface area contributed by atoms with Gasteiger partial charge in [-0.1, -0.05) is 0 Å². The van der Waals surface area contributed by atoms with Gasteiger partial charge >= 0.3 is 0 Å². The molecule has 2 saturated heterocycles. The van der Waals surface area contributed by atoms with Gasteiger partial charge in [-0.05, 0) is 28.2 Å². The Labute approximate surface area is 74.3 Å². The third kappa shape index (κ3) is 0.992. The van der Waals surface area contributed by atoms with Crippen molar-refractivity contribution >= 4 is 0 Å². The number of nitrogens with zero attached hydrogens (tertiary/aromatic N) is 4. The SMILES string of the molecule is CN1CN(C)C2C1N(C)CN2C. The Bertz CT molecular complexity index is 148. The summed E-state index contributed by atoms with van der Waals surface area (Å²) in [7, 11) is 8.77. The smallest absolute Gasteiger partial charge is 0.0937 e. The van der Waals surface area contributed by atoms with Gasteiger partial charge in [0.2, 0.25) is 0 Å². The number of hydrogen-bond acceptors (Lipinski definition) is 4. The highest BCUT2D eigenvalue weighted by molar-refractivity contribution is 4.92. The molecule has 0 amide bonds. The zero-order valence-corrected chi connectivity index (χ0v) is 8.36. The van der Waals surface area contributed by atoms with Gasteiger partial charge in [0.1, 0.15) is 0 Å². The van der Waals surface area contributed by atoms with Crippen molar-refractivity contribution in [1.29, 1.82) is 0 Å². The molecule has 0 unspecified atom stereocenters. The number of rotatable bonds is 0. The van der Waals surface area contributed by atoms with Crippen molar-refractivity contribution in [2.75, 3.05) is 41.5 Å². The Hall–Kier alpha value is -0.160. The maximum Gasteiger partial charge on any atom is 0.0937 e. The molecule has 2 rings (SSSR count). The molecule has 2 heterocycles. The van der Waals surface area contributed by atoms with Gasteiger partial charge in [-0.15, -0.1) is 0 Å². The summed E-state index contributed by atoms with van der Waals surface area (Å²) in [6.07, 6.45) is 1.17. The minimum Gasteiger partial charge on any atom is -0.275 e. The summed E-state index contributed by atoms with van der Waals surface area (Å²) >= 11 is 0. The lowest BCUT2D eigenvalue weighted by molar-refractivity contribution is 0.137. The molecule has 0 aromatic heterocycles. The quantitative estimate of drug-likeness (QED) is 0.477. The molecule has 4 heteroatoms. The second-order valence-corrected chi connectivity index (χ2v) is 4.14. The molecule has 2 aliphatic rings. The van der Waals surface area contributed by atoms with E-state index in [1.54, 1.807) is 0 Å². The van der Waals surface area contributed by atoms with Crippen molar-refractivity contribution in [1.82, 2.24) is 19.6 Å². The first-order valence-electron chi connectivity index (χ1n) is 4.42. The average Bonchev–Trinajstić information content (AvgIpc) is 2.38. The number of likely N-dealkylation sites (N-methyl/N-ethyl adjacent to an activating group) is 4. The highest BCUT2D eigenvalue weighted by Gasteiger charge is 2.45. The molecule has 0 aromatic carbocycles. The van der Waals surface area contributed by atoms with E-state index in [1.807, 2.05) is 0 Å². The van der Waals surface area contributed by atoms with Crippen LogP contribution in [-0.2, 0) is 0 Å². The van der Waals surface area contributed by atoms with E-state index in [0.717, 1.165) is 13.3 Å². The molecule has 0 aliphatic carbocycles. The molecule has 12 heavy (non-hydrogen) atoms. The van der Waals surface area contributed by atoms with Crippen molar-refractivity contribution < 1.29 is 0 Å². The van der Waals surface area contributed by atoms with Crippen LogP contribution in [0.1, 0.15) is 0 Å². The Balaban J connectivity index is 2.20. The molecule has 0 atom stereocenters. The lowest BCUT2D eigenvalue weighted by Gasteiger charge is -2.23. The highest BCUT2D eigenvalue weighted by Crippen LogP contribution is 2.27. The van der Waals surface area contributed by atoms with Gasteiger partial charge in [0.05, 0.1) is 25.7 Å². The van der Waals surface area contributed by atoms with Gasteiger partial charge in [-0.3, -0.25) is 19.6 Å². The van der Waals surface area contributed by atoms with E-state index >= 15 is 0 Å². The van der Waals surface area contributed by atoms with Crippen molar-refractivity contribution in [3.05, 3.63) is 0 Å². The van der Waals surface area contributed by atoms with E-state index in [4.69, 9.17) is 0 Å². The van der Waals surface area contributed by atoms with Gasteiger partial charge in [-0.2, -0.15) is 0 Å². The number of hydrogen-bond donors (Lipinski definition) is 0. The number of fused-ring (bicyclic) bond motifs is 1. The Morgan fingerprint density at radius 3 is 1.17 bits per heavy atom. The minimum atomic E-state index is 0.583. The third-order valence-corrected chi connectivity index (χ3v) is 2.97. The van der Waals surface area contributed by atoms with Gasteiger partial charge in [0.15, 0.2) is 0 Å². The van der Waals surface area contributed by atoms with E-state index in [1.165, 1.54) is 0 Å². The van der Waals surface area contributed by atoms with E-state index in [9.17, 15) is 0 Å². The first kappa shape index (κ1) is 8.44. The van der Waals surface area contributed by atoms with Crippen molar-refractivity contribution in [2.45, 2.75) is 12.3 Å². The van der Waals surface area contributed by atoms with E-state index in [-0.39, 0.29) is 0 Å². The van der Waals surface area contributed by atoms with Gasteiger partial charge in [0.25, 0.3) is 0 Å². The van der Waals surface area contributed by atoms with Crippen LogP contribution in [0, 0.1) is 0 Å². The summed E-state index contributed by atoms with van der Waals surface area (Å²) in [5.74, 6) is 0. The zero-order chi connectivity index (χ0) is 8.88. The minimum absolute atomic E-state index is 0.583. The molecule has 4 nitrogen and oxygen atoms in total. The molecule has 0 N–H and O–H groups in total. The molecular weight excluding hydrogens is 152 g/mol. The largest absolute Gasteiger partial charge is 0.275 e. The van der Waals surface area contributed by atoms with Crippen LogP contribution < -0.4 is 0 Å². The van der Waals surface area contributed by atoms with Crippen LogP contribution in [0.5, 0.6) is 0 Å². The summed E-state index contributed by atoms with van der Waals surface area (Å²) in [6, 6.07) is 0. The molecular formula is C8H18N4. The lowest BCUT2D eigenvalue weighted by Crippen LogP contribution is -2.42. The summed E-state index contributed by atoms with van der Waals surface area (Å²) in [6.45, 7) is 2.15. The summed E-state index contributed by atoms with van der Waals surface area (Å²) < 4.78 is 0. The van der Waals surface area contributed by atoms with Crippen molar-refractivity contribution in [3.8, 4) is 0 Å². The van der Waals surface area contributed by atoms with Crippen LogP contribution in [0.3, 0.4) is 0 Å². The maximum atomic E-state index is 2.40. The fraction of sp³-hybridized carbons (Fsp3) is 1.00. The molecule has 2 fully saturated rings. The lowest BCUT2D eigenvalue weighted by atomic mass is 10.4. The fourth-order valence-corrected chi connectivity index (χ4v) is 2.62. The summed E-state index contributed by atoms with van der Waals surface area (Å²) in [5, 5.41) is 0. The Morgan fingerprint density at radius 2 is 0.917 bits per heavy atom. The molecule has 70 valence electrons. The third-order valence-electron chi connectivity index (χ3n) is 2.97. The van der Waals surface area contributed by atoms with Crippen LogP contribution in [0.15, 0.2) is 0 Å². The molecule has 0 spiro atoms. The first-order valence-corrected chi connectivity index (χ1v) is 4.42. The van der Waals surface area contributed by atoms with Crippen molar-refractivity contribution in [2.24, 2.45) is 0 Å². The fourth-order valence-electron chi connectivity index (χ4n) is 2.62. The summed E-state index contributed by atoms with van der Waals surface area (Å²) in [5.41, 5.74) is 0. The van der Waals surface area contributed by atoms with Crippen LogP contribution in [0.4, 0.5) is 0 Å². The molecule has 2 aliphatic heterocycles. The molecule has 0 bridgehead atoms. The molecule has 0 saturated carbocycles. The second kappa shape index (κ2) is 2.67. The van der Waals surface area contributed by atoms with Crippen LogP contribution >= 0.6 is 0 Å². The predicted molar refractivity (Wildman–Crippen MR) is 48.4 cm³/mol. The first-order chi connectivity index (χ1) is 5.61. The average molecular weight is 170 g/mol. The normalized spacial score (nSPS) is 41.0. The Kier molecular flexibility index (Phi) is 1.88. The monoisotopic (exact) mass is 170 g/mol. The maximum absolute atomic E-state index is 2.40.